The van der Waals surface area contributed by atoms with E-state index in [4.69, 9.17) is 5.73 Å². The second kappa shape index (κ2) is 9.35. The number of carbonyl (C=O) groups is 2. The molecule has 2 atom stereocenters. The summed E-state index contributed by atoms with van der Waals surface area (Å²) < 4.78 is 43.2. The number of anilines is 2. The molecule has 2 amide bonds. The van der Waals surface area contributed by atoms with E-state index in [1.54, 1.807) is 32.0 Å². The zero-order valence-electron chi connectivity index (χ0n) is 21.2. The maximum absolute atomic E-state index is 14.4. The molecule has 0 aromatic heterocycles. The number of fused-ring (bicyclic) bond motifs is 1. The van der Waals surface area contributed by atoms with Crippen LogP contribution in [0.3, 0.4) is 0 Å². The second-order valence-electron chi connectivity index (χ2n) is 11.0. The number of hydrogen-bond acceptors (Lipinski definition) is 4. The third-order valence-electron chi connectivity index (χ3n) is 8.24. The lowest BCUT2D eigenvalue weighted by Gasteiger charge is -2.39. The minimum Gasteiger partial charge on any atom is -0.380 e. The fraction of sp³-hybridized carbons (Fsp3) is 0.500. The summed E-state index contributed by atoms with van der Waals surface area (Å²) in [6, 6.07) is 7.02. The number of amides is 2. The molecule has 3 aliphatic rings. The number of hydrogen-bond donors (Lipinski definition) is 3. The minimum absolute atomic E-state index is 0.0265. The van der Waals surface area contributed by atoms with Gasteiger partial charge in [-0.2, -0.15) is 13.2 Å². The van der Waals surface area contributed by atoms with Gasteiger partial charge in [0.1, 0.15) is 0 Å². The van der Waals surface area contributed by atoms with Gasteiger partial charge in [-0.15, -0.1) is 0 Å². The van der Waals surface area contributed by atoms with Crippen LogP contribution in [0.15, 0.2) is 30.3 Å². The Kier molecular flexibility index (Phi) is 6.46. The summed E-state index contributed by atoms with van der Waals surface area (Å²) in [6.45, 7) is 5.50. The number of rotatable bonds is 5. The summed E-state index contributed by atoms with van der Waals surface area (Å²) in [7, 11) is 0. The molecule has 9 heteroatoms. The molecule has 5 rings (SSSR count). The average molecular weight is 515 g/mol. The van der Waals surface area contributed by atoms with Crippen molar-refractivity contribution < 1.29 is 22.8 Å². The van der Waals surface area contributed by atoms with Gasteiger partial charge in [-0.25, -0.2) is 0 Å². The Morgan fingerprint density at radius 1 is 1.08 bits per heavy atom. The average Bonchev–Trinajstić information content (AvgIpc) is 3.45. The van der Waals surface area contributed by atoms with E-state index in [0.29, 0.717) is 5.69 Å². The summed E-state index contributed by atoms with van der Waals surface area (Å²) in [6.07, 6.45) is 1.34. The Labute approximate surface area is 214 Å². The number of nitrogens with zero attached hydrogens (tertiary/aromatic N) is 1. The first-order chi connectivity index (χ1) is 17.5. The van der Waals surface area contributed by atoms with Gasteiger partial charge < -0.3 is 16.4 Å². The van der Waals surface area contributed by atoms with E-state index in [0.717, 1.165) is 63.2 Å². The van der Waals surface area contributed by atoms with Gasteiger partial charge in [-0.3, -0.25) is 14.5 Å². The molecule has 2 aromatic carbocycles. The van der Waals surface area contributed by atoms with Gasteiger partial charge in [0.15, 0.2) is 0 Å². The zero-order valence-corrected chi connectivity index (χ0v) is 21.2. The highest BCUT2D eigenvalue weighted by atomic mass is 19.4. The van der Waals surface area contributed by atoms with Crippen LogP contribution in [0.4, 0.5) is 24.5 Å². The number of nitrogens with one attached hydrogen (secondary N) is 2. The third-order valence-corrected chi connectivity index (χ3v) is 8.24. The first-order valence-electron chi connectivity index (χ1n) is 13.0. The van der Waals surface area contributed by atoms with Gasteiger partial charge in [-0.1, -0.05) is 25.0 Å². The fourth-order valence-corrected chi connectivity index (χ4v) is 6.22. The van der Waals surface area contributed by atoms with Gasteiger partial charge in [0.2, 0.25) is 5.91 Å². The van der Waals surface area contributed by atoms with E-state index < -0.39 is 23.1 Å². The molecule has 4 N–H and O–H groups in total. The van der Waals surface area contributed by atoms with Crippen LogP contribution in [0.1, 0.15) is 73.9 Å². The number of likely N-dealkylation sites (tertiary alicyclic amines) is 1. The molecule has 1 saturated heterocycles. The summed E-state index contributed by atoms with van der Waals surface area (Å²) in [4.78, 5) is 27.4. The third kappa shape index (κ3) is 4.58. The summed E-state index contributed by atoms with van der Waals surface area (Å²) in [5.41, 5.74) is 5.55. The molecule has 2 aliphatic heterocycles. The van der Waals surface area contributed by atoms with Crippen LogP contribution >= 0.6 is 0 Å². The van der Waals surface area contributed by atoms with E-state index in [9.17, 15) is 22.8 Å². The molecular weight excluding hydrogens is 481 g/mol. The van der Waals surface area contributed by atoms with E-state index >= 15 is 0 Å². The largest absolute Gasteiger partial charge is 0.417 e. The molecule has 0 bridgehead atoms. The van der Waals surface area contributed by atoms with Crippen LogP contribution < -0.4 is 16.4 Å². The predicted molar refractivity (Wildman–Crippen MR) is 138 cm³/mol. The molecule has 2 fully saturated rings. The van der Waals surface area contributed by atoms with E-state index in [1.165, 1.54) is 6.07 Å². The van der Waals surface area contributed by atoms with Crippen LogP contribution in [-0.2, 0) is 16.4 Å². The molecule has 37 heavy (non-hydrogen) atoms. The van der Waals surface area contributed by atoms with Crippen molar-refractivity contribution in [2.75, 3.05) is 23.7 Å². The summed E-state index contributed by atoms with van der Waals surface area (Å²) in [5, 5.41) is 6.20. The molecule has 198 valence electrons. The van der Waals surface area contributed by atoms with Crippen molar-refractivity contribution in [3.05, 3.63) is 47.0 Å². The summed E-state index contributed by atoms with van der Waals surface area (Å²) in [5.74, 6) is -1.00. The van der Waals surface area contributed by atoms with E-state index in [-0.39, 0.29) is 40.4 Å². The Balaban J connectivity index is 1.66. The van der Waals surface area contributed by atoms with E-state index in [2.05, 4.69) is 15.5 Å². The Hall–Kier alpha value is -3.07. The molecule has 2 aromatic rings. The zero-order chi connectivity index (χ0) is 26.5. The molecule has 0 unspecified atom stereocenters. The number of primary amides is 1. The molecule has 0 spiro atoms. The number of nitrogens with two attached hydrogens (primary N) is 1. The highest BCUT2D eigenvalue weighted by Crippen LogP contribution is 2.46. The van der Waals surface area contributed by atoms with Gasteiger partial charge in [0.25, 0.3) is 5.91 Å². The molecule has 2 heterocycles. The van der Waals surface area contributed by atoms with Gasteiger partial charge >= 0.3 is 6.18 Å². The Bertz CT molecular complexity index is 1230. The molecule has 1 saturated carbocycles. The second-order valence-corrected chi connectivity index (χ2v) is 11.0. The number of benzene rings is 2. The molecular formula is C28H33F3N4O2. The number of carbonyl (C=O) groups excluding carboxylic acids is 2. The monoisotopic (exact) mass is 514 g/mol. The first kappa shape index (κ1) is 25.6. The van der Waals surface area contributed by atoms with Crippen molar-refractivity contribution in [3.63, 3.8) is 0 Å². The highest BCUT2D eigenvalue weighted by molar-refractivity contribution is 6.07. The Morgan fingerprint density at radius 2 is 1.78 bits per heavy atom. The van der Waals surface area contributed by atoms with Gasteiger partial charge in [-0.05, 0) is 81.9 Å². The predicted octanol–water partition coefficient (Wildman–Crippen LogP) is 5.52. The maximum atomic E-state index is 14.4. The van der Waals surface area contributed by atoms with Crippen molar-refractivity contribution in [3.8, 4) is 11.1 Å². The van der Waals surface area contributed by atoms with E-state index in [1.807, 2.05) is 0 Å². The first-order valence-corrected chi connectivity index (χ1v) is 13.0. The fourth-order valence-electron chi connectivity index (χ4n) is 6.22. The quantitative estimate of drug-likeness (QED) is 0.490. The van der Waals surface area contributed by atoms with Crippen LogP contribution in [0, 0.1) is 0 Å². The Morgan fingerprint density at radius 3 is 2.46 bits per heavy atom. The van der Waals surface area contributed by atoms with Crippen molar-refractivity contribution in [2.24, 2.45) is 5.73 Å². The van der Waals surface area contributed by atoms with Crippen LogP contribution in [-0.4, -0.2) is 41.9 Å². The molecule has 6 nitrogen and oxygen atoms in total. The summed E-state index contributed by atoms with van der Waals surface area (Å²) >= 11 is 0. The maximum Gasteiger partial charge on any atom is 0.417 e. The van der Waals surface area contributed by atoms with Crippen molar-refractivity contribution in [1.82, 2.24) is 4.90 Å². The lowest BCUT2D eigenvalue weighted by Crippen LogP contribution is -2.48. The lowest BCUT2D eigenvalue weighted by molar-refractivity contribution is -0.137. The smallest absolute Gasteiger partial charge is 0.380 e. The normalized spacial score (nSPS) is 23.5. The van der Waals surface area contributed by atoms with Gasteiger partial charge in [0, 0.05) is 23.3 Å². The SMILES string of the molecule is CC1(C)C(=O)Nc2cc(-c3c(C(F)(F)F)ccc(C(N)=O)c3N[C@H]3CCCC[C@@H]3N3CCCC3)ccc21. The standard InChI is InChI=1S/C28H33F3N4O2/c1-27(2)18-11-9-16(15-21(18)34-26(27)37)23-19(28(29,30)31)12-10-17(25(32)36)24(23)33-20-7-3-4-8-22(20)35-13-5-6-14-35/h9-12,15,20,22,33H,3-8,13-14H2,1-2H3,(H2,32,36)(H,34,37)/t20-,22-/m0/s1. The minimum atomic E-state index is -4.66. The molecule has 1 aliphatic carbocycles. The molecule has 0 radical (unpaired) electrons. The lowest BCUT2D eigenvalue weighted by atomic mass is 9.84. The van der Waals surface area contributed by atoms with Crippen LogP contribution in [0.25, 0.3) is 11.1 Å². The highest BCUT2D eigenvalue weighted by Gasteiger charge is 2.41. The van der Waals surface area contributed by atoms with Crippen molar-refractivity contribution in [1.29, 1.82) is 0 Å². The van der Waals surface area contributed by atoms with Gasteiger partial charge in [0.05, 0.1) is 22.2 Å². The van der Waals surface area contributed by atoms with Crippen LogP contribution in [0.5, 0.6) is 0 Å². The van der Waals surface area contributed by atoms with Crippen molar-refractivity contribution in [2.45, 2.75) is 76.0 Å². The number of halogens is 3. The van der Waals surface area contributed by atoms with Crippen molar-refractivity contribution >= 4 is 23.2 Å². The topological polar surface area (TPSA) is 87.5 Å². The number of alkyl halides is 3. The van der Waals surface area contributed by atoms with Crippen LogP contribution in [0.2, 0.25) is 0 Å².